The molecule has 120 valence electrons. The Morgan fingerprint density at radius 3 is 2.68 bits per heavy atom. The first-order valence-corrected chi connectivity index (χ1v) is 7.95. The summed E-state index contributed by atoms with van der Waals surface area (Å²) < 4.78 is 1.25. The molecule has 0 radical (unpaired) electrons. The van der Waals surface area contributed by atoms with Crippen molar-refractivity contribution in [3.63, 3.8) is 0 Å². The zero-order valence-electron chi connectivity index (χ0n) is 12.7. The van der Waals surface area contributed by atoms with Crippen molar-refractivity contribution >= 4 is 5.91 Å². The predicted molar refractivity (Wildman–Crippen MR) is 81.7 cm³/mol. The van der Waals surface area contributed by atoms with Gasteiger partial charge in [-0.25, -0.2) is 4.79 Å². The van der Waals surface area contributed by atoms with Crippen molar-refractivity contribution in [2.24, 2.45) is 0 Å². The van der Waals surface area contributed by atoms with Gasteiger partial charge in [0, 0.05) is 31.4 Å². The van der Waals surface area contributed by atoms with Crippen LogP contribution >= 0.6 is 0 Å². The molecule has 1 aromatic heterocycles. The number of aromatic amines is 1. The average Bonchev–Trinajstić information content (AvgIpc) is 3.04. The highest BCUT2D eigenvalue weighted by atomic mass is 16.2. The molecule has 7 heteroatoms. The molecule has 0 aromatic carbocycles. The fourth-order valence-corrected chi connectivity index (χ4v) is 3.40. The molecule has 1 aromatic rings. The van der Waals surface area contributed by atoms with Crippen molar-refractivity contribution in [2.75, 3.05) is 26.2 Å². The predicted octanol–water partition coefficient (Wildman–Crippen LogP) is -0.377. The molecule has 3 heterocycles. The minimum absolute atomic E-state index is 0.0116. The number of aromatic nitrogens is 2. The number of H-pyrrole nitrogens is 1. The maximum absolute atomic E-state index is 12.4. The minimum Gasteiger partial charge on any atom is -0.340 e. The lowest BCUT2D eigenvalue weighted by Gasteiger charge is -2.37. The van der Waals surface area contributed by atoms with E-state index in [0.717, 1.165) is 39.0 Å². The molecular weight excluding hydrogens is 284 g/mol. The molecule has 1 amide bonds. The summed E-state index contributed by atoms with van der Waals surface area (Å²) >= 11 is 0. The molecule has 1 atom stereocenters. The number of amides is 1. The van der Waals surface area contributed by atoms with Crippen LogP contribution in [0, 0.1) is 0 Å². The molecule has 0 unspecified atom stereocenters. The minimum atomic E-state index is -0.533. The van der Waals surface area contributed by atoms with Crippen molar-refractivity contribution in [1.82, 2.24) is 19.4 Å². The third-order valence-electron chi connectivity index (χ3n) is 4.61. The second kappa shape index (κ2) is 6.48. The van der Waals surface area contributed by atoms with E-state index in [4.69, 9.17) is 0 Å². The number of rotatable bonds is 3. The van der Waals surface area contributed by atoms with Crippen LogP contribution in [0.15, 0.2) is 21.9 Å². The molecule has 0 spiro atoms. The van der Waals surface area contributed by atoms with Gasteiger partial charge in [0.1, 0.15) is 6.54 Å². The maximum atomic E-state index is 12.4. The van der Waals surface area contributed by atoms with Gasteiger partial charge in [-0.2, -0.15) is 0 Å². The van der Waals surface area contributed by atoms with Crippen LogP contribution < -0.4 is 11.2 Å². The Hall–Kier alpha value is -1.89. The van der Waals surface area contributed by atoms with Crippen molar-refractivity contribution in [1.29, 1.82) is 0 Å². The monoisotopic (exact) mass is 306 g/mol. The molecular formula is C15H22N4O3. The first-order valence-electron chi connectivity index (χ1n) is 7.95. The summed E-state index contributed by atoms with van der Waals surface area (Å²) in [5.41, 5.74) is -0.977. The zero-order chi connectivity index (χ0) is 15.5. The summed E-state index contributed by atoms with van der Waals surface area (Å²) in [5.74, 6) is -0.0574. The first-order chi connectivity index (χ1) is 10.6. The van der Waals surface area contributed by atoms with Crippen molar-refractivity contribution < 1.29 is 4.79 Å². The Bertz CT molecular complexity index is 645. The van der Waals surface area contributed by atoms with Crippen LogP contribution in [0.1, 0.15) is 25.7 Å². The van der Waals surface area contributed by atoms with Crippen molar-refractivity contribution in [3.05, 3.63) is 33.1 Å². The summed E-state index contributed by atoms with van der Waals surface area (Å²) in [6, 6.07) is 1.71. The van der Waals surface area contributed by atoms with Crippen LogP contribution in [-0.2, 0) is 11.3 Å². The Morgan fingerprint density at radius 1 is 1.18 bits per heavy atom. The van der Waals surface area contributed by atoms with Gasteiger partial charge in [0.25, 0.3) is 5.56 Å². The Kier molecular flexibility index (Phi) is 4.42. The lowest BCUT2D eigenvalue weighted by Crippen LogP contribution is -2.50. The summed E-state index contributed by atoms with van der Waals surface area (Å²) in [6.45, 7) is 3.75. The standard InChI is InChI=1S/C15H22N4O3/c20-13-5-9-19(15(22)16-13)11-14(21)18-8-3-4-12(10-18)17-6-1-2-7-17/h5,9,12H,1-4,6-8,10-11H2,(H,16,20,22)/t12-/m1/s1. The van der Waals surface area contributed by atoms with Gasteiger partial charge in [-0.05, 0) is 38.8 Å². The molecule has 2 saturated heterocycles. The molecule has 7 nitrogen and oxygen atoms in total. The Labute approximate surface area is 128 Å². The van der Waals surface area contributed by atoms with Crippen LogP contribution in [0.25, 0.3) is 0 Å². The summed E-state index contributed by atoms with van der Waals surface area (Å²) in [4.78, 5) is 41.6. The third-order valence-corrected chi connectivity index (χ3v) is 4.61. The SMILES string of the molecule is O=C(Cn1ccc(=O)[nH]c1=O)N1CCC[C@@H](N2CCCC2)C1. The quantitative estimate of drug-likeness (QED) is 0.826. The Morgan fingerprint density at radius 2 is 1.95 bits per heavy atom. The topological polar surface area (TPSA) is 78.4 Å². The molecule has 2 aliphatic heterocycles. The lowest BCUT2D eigenvalue weighted by molar-refractivity contribution is -0.134. The van der Waals surface area contributed by atoms with Gasteiger partial charge in [0.15, 0.2) is 0 Å². The molecule has 2 fully saturated rings. The van der Waals surface area contributed by atoms with E-state index >= 15 is 0 Å². The number of nitrogens with zero attached hydrogens (tertiary/aromatic N) is 3. The number of carbonyl (C=O) groups excluding carboxylic acids is 1. The smallest absolute Gasteiger partial charge is 0.328 e. The molecule has 22 heavy (non-hydrogen) atoms. The summed E-state index contributed by atoms with van der Waals surface area (Å²) in [5, 5.41) is 0. The van der Waals surface area contributed by atoms with Crippen LogP contribution in [0.3, 0.4) is 0 Å². The van der Waals surface area contributed by atoms with Gasteiger partial charge in [0.2, 0.25) is 5.91 Å². The van der Waals surface area contributed by atoms with E-state index in [1.165, 1.54) is 29.7 Å². The van der Waals surface area contributed by atoms with E-state index in [-0.39, 0.29) is 12.5 Å². The van der Waals surface area contributed by atoms with E-state index in [1.54, 1.807) is 0 Å². The van der Waals surface area contributed by atoms with Gasteiger partial charge in [-0.3, -0.25) is 24.0 Å². The molecule has 0 bridgehead atoms. The summed E-state index contributed by atoms with van der Waals surface area (Å²) in [6.07, 6.45) is 6.02. The number of piperidine rings is 1. The molecule has 0 aliphatic carbocycles. The fraction of sp³-hybridized carbons (Fsp3) is 0.667. The largest absolute Gasteiger partial charge is 0.340 e. The maximum Gasteiger partial charge on any atom is 0.328 e. The molecule has 3 rings (SSSR count). The highest BCUT2D eigenvalue weighted by Crippen LogP contribution is 2.20. The van der Waals surface area contributed by atoms with Gasteiger partial charge in [0.05, 0.1) is 0 Å². The average molecular weight is 306 g/mol. The first kappa shape index (κ1) is 15.0. The van der Waals surface area contributed by atoms with Gasteiger partial charge >= 0.3 is 5.69 Å². The van der Waals surface area contributed by atoms with Crippen LogP contribution in [0.5, 0.6) is 0 Å². The van der Waals surface area contributed by atoms with E-state index in [0.29, 0.717) is 6.04 Å². The highest BCUT2D eigenvalue weighted by molar-refractivity contribution is 5.76. The molecule has 2 aliphatic rings. The van der Waals surface area contributed by atoms with Gasteiger partial charge < -0.3 is 4.90 Å². The van der Waals surface area contributed by atoms with Crippen LogP contribution in [-0.4, -0.2) is 57.5 Å². The van der Waals surface area contributed by atoms with E-state index in [2.05, 4.69) is 9.88 Å². The van der Waals surface area contributed by atoms with E-state index < -0.39 is 11.2 Å². The number of nitrogens with one attached hydrogen (secondary N) is 1. The van der Waals surface area contributed by atoms with Crippen molar-refractivity contribution in [3.8, 4) is 0 Å². The van der Waals surface area contributed by atoms with Gasteiger partial charge in [-0.1, -0.05) is 0 Å². The lowest BCUT2D eigenvalue weighted by atomic mass is 10.0. The van der Waals surface area contributed by atoms with Crippen LogP contribution in [0.2, 0.25) is 0 Å². The number of hydrogen-bond donors (Lipinski definition) is 1. The molecule has 0 saturated carbocycles. The highest BCUT2D eigenvalue weighted by Gasteiger charge is 2.29. The normalized spacial score (nSPS) is 22.9. The van der Waals surface area contributed by atoms with E-state index in [9.17, 15) is 14.4 Å². The fourth-order valence-electron chi connectivity index (χ4n) is 3.40. The van der Waals surface area contributed by atoms with Crippen molar-refractivity contribution in [2.45, 2.75) is 38.3 Å². The van der Waals surface area contributed by atoms with Gasteiger partial charge in [-0.15, -0.1) is 0 Å². The van der Waals surface area contributed by atoms with Crippen LogP contribution in [0.4, 0.5) is 0 Å². The zero-order valence-corrected chi connectivity index (χ0v) is 12.7. The Balaban J connectivity index is 1.64. The number of likely N-dealkylation sites (tertiary alicyclic amines) is 2. The second-order valence-electron chi connectivity index (χ2n) is 6.12. The van der Waals surface area contributed by atoms with E-state index in [1.807, 2.05) is 4.90 Å². The number of carbonyl (C=O) groups is 1. The number of hydrogen-bond acceptors (Lipinski definition) is 4. The second-order valence-corrected chi connectivity index (χ2v) is 6.12. The third kappa shape index (κ3) is 3.30. The molecule has 1 N–H and O–H groups in total. The summed E-state index contributed by atoms with van der Waals surface area (Å²) in [7, 11) is 0.